The van der Waals surface area contributed by atoms with Gasteiger partial charge in [-0.2, -0.15) is 0 Å². The van der Waals surface area contributed by atoms with Gasteiger partial charge in [0.15, 0.2) is 0 Å². The summed E-state index contributed by atoms with van der Waals surface area (Å²) in [5, 5.41) is 40.1. The number of rotatable bonds is 16. The van der Waals surface area contributed by atoms with Crippen molar-refractivity contribution in [3.8, 4) is 0 Å². The topological polar surface area (TPSA) is 80.9 Å². The van der Waals surface area contributed by atoms with Crippen molar-refractivity contribution < 1.29 is 20.4 Å². The molecular formula is C29H48O4. The van der Waals surface area contributed by atoms with Gasteiger partial charge < -0.3 is 20.4 Å². The number of unbranched alkanes of at least 4 members (excludes halogenated alkanes) is 2. The molecule has 0 bridgehead atoms. The van der Waals surface area contributed by atoms with Crippen LogP contribution in [0.1, 0.15) is 98.3 Å². The molecule has 2 rings (SSSR count). The fourth-order valence-corrected chi connectivity index (χ4v) is 4.67. The lowest BCUT2D eigenvalue weighted by molar-refractivity contribution is 0.147. The van der Waals surface area contributed by atoms with Crippen molar-refractivity contribution in [2.75, 3.05) is 13.2 Å². The van der Waals surface area contributed by atoms with E-state index in [0.29, 0.717) is 0 Å². The first kappa shape index (κ1) is 28.0. The van der Waals surface area contributed by atoms with Crippen LogP contribution in [0.25, 0.3) is 0 Å². The monoisotopic (exact) mass is 460 g/mol. The Hall–Kier alpha value is -1.20. The van der Waals surface area contributed by atoms with Gasteiger partial charge in [0.05, 0.1) is 12.2 Å². The predicted molar refractivity (Wildman–Crippen MR) is 137 cm³/mol. The molecule has 33 heavy (non-hydrogen) atoms. The van der Waals surface area contributed by atoms with Crippen molar-refractivity contribution in [3.05, 3.63) is 46.6 Å². The number of hydrogen-bond donors (Lipinski definition) is 4. The molecule has 4 heteroatoms. The van der Waals surface area contributed by atoms with E-state index in [0.717, 1.165) is 92.9 Å². The molecule has 4 N–H and O–H groups in total. The van der Waals surface area contributed by atoms with Gasteiger partial charge >= 0.3 is 0 Å². The molecule has 0 saturated carbocycles. The molecule has 2 aliphatic rings. The van der Waals surface area contributed by atoms with E-state index in [1.54, 1.807) is 0 Å². The van der Waals surface area contributed by atoms with Gasteiger partial charge in [-0.25, -0.2) is 0 Å². The Bertz CT molecular complexity index is 677. The highest BCUT2D eigenvalue weighted by molar-refractivity contribution is 5.38. The Morgan fingerprint density at radius 1 is 0.545 bits per heavy atom. The van der Waals surface area contributed by atoms with Crippen molar-refractivity contribution in [1.82, 2.24) is 0 Å². The third-order valence-corrected chi connectivity index (χ3v) is 7.35. The second kappa shape index (κ2) is 13.0. The fraction of sp³-hybridized carbons (Fsp3) is 0.724. The van der Waals surface area contributed by atoms with Crippen LogP contribution in [0.3, 0.4) is 0 Å². The lowest BCUT2D eigenvalue weighted by Gasteiger charge is -2.21. The van der Waals surface area contributed by atoms with E-state index >= 15 is 0 Å². The molecule has 2 unspecified atom stereocenters. The summed E-state index contributed by atoms with van der Waals surface area (Å²) >= 11 is 0. The minimum atomic E-state index is -0.449. The molecule has 0 radical (unpaired) electrons. The molecule has 0 spiro atoms. The van der Waals surface area contributed by atoms with Crippen LogP contribution in [0.4, 0.5) is 0 Å². The Morgan fingerprint density at radius 3 is 1.15 bits per heavy atom. The van der Waals surface area contributed by atoms with E-state index in [2.05, 4.69) is 52.0 Å². The van der Waals surface area contributed by atoms with Gasteiger partial charge in [0, 0.05) is 13.2 Å². The van der Waals surface area contributed by atoms with Gasteiger partial charge in [-0.05, 0) is 90.9 Å². The molecular weight excluding hydrogens is 412 g/mol. The molecule has 188 valence electrons. The molecule has 4 nitrogen and oxygen atoms in total. The summed E-state index contributed by atoms with van der Waals surface area (Å²) in [5.41, 5.74) is 4.37. The molecule has 0 aromatic heterocycles. The highest BCUT2D eigenvalue weighted by atomic mass is 16.3. The van der Waals surface area contributed by atoms with Gasteiger partial charge in [0.2, 0.25) is 0 Å². The molecule has 0 amide bonds. The zero-order chi connectivity index (χ0) is 24.5. The molecule has 0 aromatic rings. The summed E-state index contributed by atoms with van der Waals surface area (Å²) in [6.45, 7) is 8.79. The number of hydrogen-bond acceptors (Lipinski definition) is 4. The maximum atomic E-state index is 10.7. The molecule has 0 heterocycles. The third-order valence-electron chi connectivity index (χ3n) is 7.35. The molecule has 0 aromatic carbocycles. The Kier molecular flexibility index (Phi) is 11.1. The van der Waals surface area contributed by atoms with Gasteiger partial charge in [0.25, 0.3) is 0 Å². The standard InChI is InChI=1S/C29H48O4/c1-28(2,20-30)18-7-5-10-22-14-16-24(26(22)32)12-9-13-25-17-15-23(27(25)33)11-6-8-19-29(3,4)21-31/h14-17,26-27,30-33H,5-13,18-21H2,1-4H3. The average molecular weight is 461 g/mol. The molecule has 2 aliphatic carbocycles. The Morgan fingerprint density at radius 2 is 0.848 bits per heavy atom. The lowest BCUT2D eigenvalue weighted by atomic mass is 9.87. The Labute approximate surface area is 201 Å². The van der Waals surface area contributed by atoms with E-state index in [1.807, 2.05) is 0 Å². The van der Waals surface area contributed by atoms with Gasteiger partial charge in [0.1, 0.15) is 0 Å². The van der Waals surface area contributed by atoms with Crippen LogP contribution in [0.15, 0.2) is 46.6 Å². The quantitative estimate of drug-likeness (QED) is 0.220. The molecule has 0 fully saturated rings. The van der Waals surface area contributed by atoms with Crippen molar-refractivity contribution in [3.63, 3.8) is 0 Å². The summed E-state index contributed by atoms with van der Waals surface area (Å²) in [6, 6.07) is 0. The normalized spacial score (nSPS) is 21.2. The minimum absolute atomic E-state index is 0.0167. The van der Waals surface area contributed by atoms with Crippen molar-refractivity contribution in [2.24, 2.45) is 10.8 Å². The zero-order valence-corrected chi connectivity index (χ0v) is 21.4. The number of aliphatic hydroxyl groups excluding tert-OH is 4. The van der Waals surface area contributed by atoms with Crippen molar-refractivity contribution in [2.45, 2.75) is 111 Å². The van der Waals surface area contributed by atoms with E-state index in [1.165, 1.54) is 0 Å². The summed E-state index contributed by atoms with van der Waals surface area (Å²) < 4.78 is 0. The fourth-order valence-electron chi connectivity index (χ4n) is 4.67. The Balaban J connectivity index is 1.61. The van der Waals surface area contributed by atoms with E-state index in [-0.39, 0.29) is 24.0 Å². The maximum Gasteiger partial charge on any atom is 0.0967 e. The van der Waals surface area contributed by atoms with Crippen LogP contribution < -0.4 is 0 Å². The molecule has 0 saturated heterocycles. The first-order valence-electron chi connectivity index (χ1n) is 13.0. The van der Waals surface area contributed by atoms with Crippen LogP contribution in [0.2, 0.25) is 0 Å². The van der Waals surface area contributed by atoms with Gasteiger partial charge in [-0.15, -0.1) is 0 Å². The SMILES string of the molecule is CC(C)(CO)CCCCC1=CC=C(CCCC2=CC=C(CCCCC(C)(C)CO)C2O)C1O. The van der Waals surface area contributed by atoms with Crippen molar-refractivity contribution in [1.29, 1.82) is 0 Å². The number of aliphatic hydroxyl groups is 4. The van der Waals surface area contributed by atoms with Gasteiger partial charge in [-0.3, -0.25) is 0 Å². The van der Waals surface area contributed by atoms with Crippen LogP contribution in [-0.2, 0) is 0 Å². The van der Waals surface area contributed by atoms with E-state index in [4.69, 9.17) is 0 Å². The van der Waals surface area contributed by atoms with E-state index < -0.39 is 12.2 Å². The predicted octanol–water partition coefficient (Wildman–Crippen LogP) is 5.77. The smallest absolute Gasteiger partial charge is 0.0967 e. The second-order valence-corrected chi connectivity index (χ2v) is 11.7. The van der Waals surface area contributed by atoms with Gasteiger partial charge in [-0.1, -0.05) is 64.8 Å². The zero-order valence-electron chi connectivity index (χ0n) is 21.4. The highest BCUT2D eigenvalue weighted by Crippen LogP contribution is 2.32. The lowest BCUT2D eigenvalue weighted by Crippen LogP contribution is -2.16. The number of allylic oxidation sites excluding steroid dienone is 4. The summed E-state index contributed by atoms with van der Waals surface area (Å²) in [6.07, 6.45) is 18.1. The third kappa shape index (κ3) is 9.16. The van der Waals surface area contributed by atoms with Crippen LogP contribution in [0.5, 0.6) is 0 Å². The van der Waals surface area contributed by atoms with Crippen LogP contribution >= 0.6 is 0 Å². The molecule has 0 aliphatic heterocycles. The average Bonchev–Trinajstić information content (AvgIpc) is 3.31. The summed E-state index contributed by atoms with van der Waals surface area (Å²) in [4.78, 5) is 0. The maximum absolute atomic E-state index is 10.7. The van der Waals surface area contributed by atoms with Crippen molar-refractivity contribution >= 4 is 0 Å². The minimum Gasteiger partial charge on any atom is -0.396 e. The largest absolute Gasteiger partial charge is 0.396 e. The van der Waals surface area contributed by atoms with E-state index in [9.17, 15) is 20.4 Å². The summed E-state index contributed by atoms with van der Waals surface area (Å²) in [5.74, 6) is 0. The summed E-state index contributed by atoms with van der Waals surface area (Å²) in [7, 11) is 0. The van der Waals surface area contributed by atoms with Crippen LogP contribution in [-0.4, -0.2) is 45.8 Å². The first-order valence-corrected chi connectivity index (χ1v) is 13.0. The second-order valence-electron chi connectivity index (χ2n) is 11.7. The molecule has 2 atom stereocenters. The highest BCUT2D eigenvalue weighted by Gasteiger charge is 2.23. The van der Waals surface area contributed by atoms with Crippen LogP contribution in [0, 0.1) is 10.8 Å². The first-order chi connectivity index (χ1) is 15.6.